The Balaban J connectivity index is 1.89. The predicted molar refractivity (Wildman–Crippen MR) is 93.9 cm³/mol. The largest absolute Gasteiger partial charge is 0.493 e. The monoisotopic (exact) mass is 356 g/mol. The van der Waals surface area contributed by atoms with Gasteiger partial charge in [-0.15, -0.1) is 0 Å². The minimum absolute atomic E-state index is 0.165. The highest BCUT2D eigenvalue weighted by Gasteiger charge is 2.14. The van der Waals surface area contributed by atoms with Crippen molar-refractivity contribution < 1.29 is 18.7 Å². The van der Waals surface area contributed by atoms with Crippen LogP contribution in [-0.4, -0.2) is 34.9 Å². The second-order valence-corrected chi connectivity index (χ2v) is 5.46. The number of anilines is 1. The van der Waals surface area contributed by atoms with Gasteiger partial charge in [0.2, 0.25) is 0 Å². The number of halogens is 1. The normalized spacial score (nSPS) is 10.5. The molecule has 3 rings (SSSR count). The van der Waals surface area contributed by atoms with Gasteiger partial charge in [0.25, 0.3) is 5.91 Å². The van der Waals surface area contributed by atoms with Gasteiger partial charge in [-0.3, -0.25) is 4.79 Å². The van der Waals surface area contributed by atoms with Crippen LogP contribution >= 0.6 is 0 Å². The van der Waals surface area contributed by atoms with Crippen LogP contribution in [0.5, 0.6) is 11.5 Å². The summed E-state index contributed by atoms with van der Waals surface area (Å²) in [6.07, 6.45) is 1.36. The van der Waals surface area contributed by atoms with Gasteiger partial charge in [-0.2, -0.15) is 5.10 Å². The summed E-state index contributed by atoms with van der Waals surface area (Å²) in [6.45, 7) is 0. The second kappa shape index (κ2) is 7.22. The van der Waals surface area contributed by atoms with Crippen LogP contribution in [0.1, 0.15) is 10.4 Å². The van der Waals surface area contributed by atoms with E-state index >= 15 is 0 Å². The molecular formula is C18H17FN4O3. The van der Waals surface area contributed by atoms with Crippen molar-refractivity contribution in [2.45, 2.75) is 0 Å². The molecule has 1 heterocycles. The summed E-state index contributed by atoms with van der Waals surface area (Å²) < 4.78 is 25.9. The molecule has 0 unspecified atom stereocenters. The first-order valence-corrected chi connectivity index (χ1v) is 7.70. The van der Waals surface area contributed by atoms with Crippen LogP contribution in [0.15, 0.2) is 42.7 Å². The highest BCUT2D eigenvalue weighted by Crippen LogP contribution is 2.30. The fraction of sp³-hybridized carbons (Fsp3) is 0.167. The maximum Gasteiger partial charge on any atom is 0.255 e. The molecule has 1 N–H and O–H groups in total. The van der Waals surface area contributed by atoms with Crippen LogP contribution in [0.2, 0.25) is 0 Å². The molecule has 0 fully saturated rings. The molecule has 8 heteroatoms. The Kier molecular flexibility index (Phi) is 4.83. The van der Waals surface area contributed by atoms with Crippen molar-refractivity contribution in [2.75, 3.05) is 19.5 Å². The average molecular weight is 356 g/mol. The molecule has 0 bridgehead atoms. The fourth-order valence-electron chi connectivity index (χ4n) is 2.52. The summed E-state index contributed by atoms with van der Waals surface area (Å²) in [5.41, 5.74) is 1.12. The standard InChI is InChI=1S/C18H17FN4O3/c1-23-17(20-10-21-23)11-6-12(8-13(19)7-11)18(24)22-14-4-5-15(25-2)16(9-14)26-3/h4-10H,1-3H3,(H,22,24). The number of carbonyl (C=O) groups is 1. The van der Waals surface area contributed by atoms with E-state index in [0.29, 0.717) is 28.6 Å². The molecule has 3 aromatic rings. The highest BCUT2D eigenvalue weighted by atomic mass is 19.1. The maximum atomic E-state index is 14.0. The number of carbonyl (C=O) groups excluding carboxylic acids is 1. The molecular weight excluding hydrogens is 339 g/mol. The van der Waals surface area contributed by atoms with Gasteiger partial charge >= 0.3 is 0 Å². The zero-order chi connectivity index (χ0) is 18.7. The van der Waals surface area contributed by atoms with Gasteiger partial charge in [0.1, 0.15) is 12.1 Å². The van der Waals surface area contributed by atoms with Gasteiger partial charge in [0, 0.05) is 29.9 Å². The number of rotatable bonds is 5. The zero-order valence-electron chi connectivity index (χ0n) is 14.5. The van der Waals surface area contributed by atoms with Crippen molar-refractivity contribution in [1.29, 1.82) is 0 Å². The summed E-state index contributed by atoms with van der Waals surface area (Å²) in [5.74, 6) is 0.484. The molecule has 0 atom stereocenters. The van der Waals surface area contributed by atoms with E-state index < -0.39 is 11.7 Å². The number of hydrogen-bond acceptors (Lipinski definition) is 5. The molecule has 0 aliphatic rings. The fourth-order valence-corrected chi connectivity index (χ4v) is 2.52. The zero-order valence-corrected chi connectivity index (χ0v) is 14.5. The van der Waals surface area contributed by atoms with E-state index in [1.807, 2.05) is 0 Å². The van der Waals surface area contributed by atoms with Gasteiger partial charge in [0.05, 0.1) is 14.2 Å². The van der Waals surface area contributed by atoms with Crippen LogP contribution in [0.3, 0.4) is 0 Å². The lowest BCUT2D eigenvalue weighted by Gasteiger charge is -2.11. The predicted octanol–water partition coefficient (Wildman–Crippen LogP) is 2.89. The minimum Gasteiger partial charge on any atom is -0.493 e. The van der Waals surface area contributed by atoms with Gasteiger partial charge in [-0.05, 0) is 30.3 Å². The number of hydrogen-bond donors (Lipinski definition) is 1. The van der Waals surface area contributed by atoms with Gasteiger partial charge in [0.15, 0.2) is 17.3 Å². The Morgan fingerprint density at radius 1 is 1.12 bits per heavy atom. The number of amides is 1. The summed E-state index contributed by atoms with van der Waals surface area (Å²) in [5, 5.41) is 6.67. The lowest BCUT2D eigenvalue weighted by atomic mass is 10.1. The van der Waals surface area contributed by atoms with Crippen LogP contribution in [0, 0.1) is 5.82 Å². The van der Waals surface area contributed by atoms with Gasteiger partial charge < -0.3 is 14.8 Å². The number of nitrogens with one attached hydrogen (secondary N) is 1. The Morgan fingerprint density at radius 2 is 1.88 bits per heavy atom. The maximum absolute atomic E-state index is 14.0. The average Bonchev–Trinajstić information content (AvgIpc) is 3.07. The summed E-state index contributed by atoms with van der Waals surface area (Å²) in [6, 6.07) is 8.99. The number of nitrogens with zero attached hydrogens (tertiary/aromatic N) is 3. The first-order chi connectivity index (χ1) is 12.5. The highest BCUT2D eigenvalue weighted by molar-refractivity contribution is 6.05. The molecule has 0 aliphatic carbocycles. The summed E-state index contributed by atoms with van der Waals surface area (Å²) in [7, 11) is 4.72. The van der Waals surface area contributed by atoms with Gasteiger partial charge in [-0.25, -0.2) is 14.1 Å². The van der Waals surface area contributed by atoms with Crippen LogP contribution in [0.25, 0.3) is 11.4 Å². The molecule has 1 aromatic heterocycles. The first kappa shape index (κ1) is 17.4. The van der Waals surface area contributed by atoms with Crippen molar-refractivity contribution in [2.24, 2.45) is 7.05 Å². The van der Waals surface area contributed by atoms with Gasteiger partial charge in [-0.1, -0.05) is 0 Å². The van der Waals surface area contributed by atoms with Crippen molar-refractivity contribution in [3.05, 3.63) is 54.1 Å². The molecule has 1 amide bonds. The molecule has 0 aliphatic heterocycles. The van der Waals surface area contributed by atoms with Crippen LogP contribution in [-0.2, 0) is 7.05 Å². The SMILES string of the molecule is COc1ccc(NC(=O)c2cc(F)cc(-c3ncnn3C)c2)cc1OC. The number of aromatic nitrogens is 3. The molecule has 0 radical (unpaired) electrons. The second-order valence-electron chi connectivity index (χ2n) is 5.46. The molecule has 2 aromatic carbocycles. The first-order valence-electron chi connectivity index (χ1n) is 7.70. The molecule has 0 saturated heterocycles. The van der Waals surface area contributed by atoms with E-state index in [2.05, 4.69) is 15.4 Å². The van der Waals surface area contributed by atoms with Crippen LogP contribution in [0.4, 0.5) is 10.1 Å². The number of aryl methyl sites for hydroxylation is 1. The molecule has 0 saturated carbocycles. The topological polar surface area (TPSA) is 78.3 Å². The number of benzene rings is 2. The van der Waals surface area contributed by atoms with Crippen molar-refractivity contribution in [1.82, 2.24) is 14.8 Å². The quantitative estimate of drug-likeness (QED) is 0.760. The van der Waals surface area contributed by atoms with E-state index in [4.69, 9.17) is 9.47 Å². The summed E-state index contributed by atoms with van der Waals surface area (Å²) in [4.78, 5) is 16.6. The van der Waals surface area contributed by atoms with E-state index in [0.717, 1.165) is 6.07 Å². The van der Waals surface area contributed by atoms with E-state index in [-0.39, 0.29) is 5.56 Å². The third kappa shape index (κ3) is 3.49. The summed E-state index contributed by atoms with van der Waals surface area (Å²) >= 11 is 0. The number of ether oxygens (including phenoxy) is 2. The minimum atomic E-state index is -0.539. The lowest BCUT2D eigenvalue weighted by Crippen LogP contribution is -2.12. The van der Waals surface area contributed by atoms with Crippen molar-refractivity contribution >= 4 is 11.6 Å². The van der Waals surface area contributed by atoms with Crippen molar-refractivity contribution in [3.8, 4) is 22.9 Å². The molecule has 7 nitrogen and oxygen atoms in total. The Bertz CT molecular complexity index is 955. The Morgan fingerprint density at radius 3 is 2.54 bits per heavy atom. The van der Waals surface area contributed by atoms with Crippen LogP contribution < -0.4 is 14.8 Å². The van der Waals surface area contributed by atoms with E-state index in [1.54, 1.807) is 31.3 Å². The lowest BCUT2D eigenvalue weighted by molar-refractivity contribution is 0.102. The van der Waals surface area contributed by atoms with E-state index in [1.165, 1.54) is 31.3 Å². The molecule has 26 heavy (non-hydrogen) atoms. The third-order valence-corrected chi connectivity index (χ3v) is 3.77. The Labute approximate surface area is 149 Å². The smallest absolute Gasteiger partial charge is 0.255 e. The number of methoxy groups -OCH3 is 2. The molecule has 0 spiro atoms. The van der Waals surface area contributed by atoms with Crippen molar-refractivity contribution in [3.63, 3.8) is 0 Å². The third-order valence-electron chi connectivity index (χ3n) is 3.77. The molecule has 134 valence electrons. The Hall–Kier alpha value is -3.42. The van der Waals surface area contributed by atoms with E-state index in [9.17, 15) is 9.18 Å².